The summed E-state index contributed by atoms with van der Waals surface area (Å²) in [6, 6.07) is 10.5. The fourth-order valence-corrected chi connectivity index (χ4v) is 2.41. The van der Waals surface area contributed by atoms with Crippen LogP contribution >= 0.6 is 0 Å². The van der Waals surface area contributed by atoms with Crippen LogP contribution in [0.1, 0.15) is 28.4 Å². The lowest BCUT2D eigenvalue weighted by molar-refractivity contribution is 0.213. The van der Waals surface area contributed by atoms with Crippen LogP contribution in [-0.2, 0) is 6.42 Å². The lowest BCUT2D eigenvalue weighted by Gasteiger charge is -2.15. The highest BCUT2D eigenvalue weighted by Crippen LogP contribution is 2.36. The smallest absolute Gasteiger partial charge is 0.128 e. The van der Waals surface area contributed by atoms with Crippen LogP contribution in [0.3, 0.4) is 0 Å². The second-order valence-electron chi connectivity index (χ2n) is 4.85. The third kappa shape index (κ3) is 2.10. The van der Waals surface area contributed by atoms with Crippen molar-refractivity contribution >= 4 is 0 Å². The Morgan fingerprint density at radius 2 is 2.11 bits per heavy atom. The maximum Gasteiger partial charge on any atom is 0.128 e. The maximum atomic E-state index is 13.6. The Hall–Kier alpha value is -1.87. The van der Waals surface area contributed by atoms with Gasteiger partial charge in [0.05, 0.1) is 6.61 Å². The molecule has 1 N–H and O–H groups in total. The second kappa shape index (κ2) is 4.67. The first-order valence-corrected chi connectivity index (χ1v) is 6.35. The fourth-order valence-electron chi connectivity index (χ4n) is 2.41. The topological polar surface area (TPSA) is 29.5 Å². The van der Waals surface area contributed by atoms with E-state index in [4.69, 9.17) is 4.74 Å². The summed E-state index contributed by atoms with van der Waals surface area (Å²) in [7, 11) is 0. The molecule has 19 heavy (non-hydrogen) atoms. The lowest BCUT2D eigenvalue weighted by Crippen LogP contribution is -2.03. The molecule has 0 saturated heterocycles. The molecule has 2 aromatic carbocycles. The van der Waals surface area contributed by atoms with Gasteiger partial charge in [-0.1, -0.05) is 30.3 Å². The Bertz CT molecular complexity index is 622. The van der Waals surface area contributed by atoms with E-state index in [0.717, 1.165) is 17.7 Å². The zero-order valence-electron chi connectivity index (χ0n) is 10.7. The normalized spacial score (nSPS) is 14.9. The van der Waals surface area contributed by atoms with Gasteiger partial charge >= 0.3 is 0 Å². The first-order valence-electron chi connectivity index (χ1n) is 6.35. The number of hydrogen-bond donors (Lipinski definition) is 1. The van der Waals surface area contributed by atoms with Gasteiger partial charge in [0.2, 0.25) is 0 Å². The molecule has 0 saturated carbocycles. The summed E-state index contributed by atoms with van der Waals surface area (Å²) in [5, 5.41) is 10.4. The Balaban J connectivity index is 2.02. The summed E-state index contributed by atoms with van der Waals surface area (Å²) in [5.41, 5.74) is 2.93. The van der Waals surface area contributed by atoms with Gasteiger partial charge in [-0.2, -0.15) is 0 Å². The molecule has 3 rings (SSSR count). The van der Waals surface area contributed by atoms with Crippen LogP contribution in [-0.4, -0.2) is 11.7 Å². The summed E-state index contributed by atoms with van der Waals surface area (Å²) in [4.78, 5) is 0. The fraction of sp³-hybridized carbons (Fsp3) is 0.250. The number of fused-ring (bicyclic) bond motifs is 1. The highest BCUT2D eigenvalue weighted by Gasteiger charge is 2.22. The second-order valence-corrected chi connectivity index (χ2v) is 4.85. The molecule has 3 heteroatoms. The molecular weight excluding hydrogens is 243 g/mol. The molecule has 1 aliphatic heterocycles. The van der Waals surface area contributed by atoms with E-state index in [1.165, 1.54) is 6.07 Å². The Morgan fingerprint density at radius 1 is 1.26 bits per heavy atom. The van der Waals surface area contributed by atoms with E-state index < -0.39 is 6.10 Å². The first kappa shape index (κ1) is 12.2. The number of aliphatic hydroxyl groups excluding tert-OH is 1. The molecule has 0 amide bonds. The van der Waals surface area contributed by atoms with Crippen molar-refractivity contribution in [2.75, 3.05) is 6.61 Å². The minimum absolute atomic E-state index is 0.301. The van der Waals surface area contributed by atoms with E-state index in [0.29, 0.717) is 23.3 Å². The molecule has 1 unspecified atom stereocenters. The molecule has 1 atom stereocenters. The number of para-hydroxylation sites is 1. The molecular formula is C16H15FO2. The van der Waals surface area contributed by atoms with Gasteiger partial charge in [0.1, 0.15) is 17.7 Å². The standard InChI is InChI=1S/C16H15FO2/c1-10-5-6-12(9-14(10)17)15(18)13-4-2-3-11-7-8-19-16(11)13/h2-6,9,15,18H,7-8H2,1H3. The summed E-state index contributed by atoms with van der Waals surface area (Å²) >= 11 is 0. The summed E-state index contributed by atoms with van der Waals surface area (Å²) in [6.45, 7) is 2.34. The molecule has 2 nitrogen and oxygen atoms in total. The third-order valence-corrected chi connectivity index (χ3v) is 3.55. The van der Waals surface area contributed by atoms with Gasteiger partial charge in [0.25, 0.3) is 0 Å². The van der Waals surface area contributed by atoms with E-state index in [-0.39, 0.29) is 5.82 Å². The number of rotatable bonds is 2. The molecule has 0 aromatic heterocycles. The summed E-state index contributed by atoms with van der Waals surface area (Å²) < 4.78 is 19.2. The summed E-state index contributed by atoms with van der Waals surface area (Å²) in [6.07, 6.45) is 0.00108. The van der Waals surface area contributed by atoms with Gasteiger partial charge in [0.15, 0.2) is 0 Å². The van der Waals surface area contributed by atoms with Gasteiger partial charge in [-0.05, 0) is 29.7 Å². The van der Waals surface area contributed by atoms with E-state index in [1.54, 1.807) is 19.1 Å². The third-order valence-electron chi connectivity index (χ3n) is 3.55. The quantitative estimate of drug-likeness (QED) is 0.896. The molecule has 0 radical (unpaired) electrons. The number of hydrogen-bond acceptors (Lipinski definition) is 2. The predicted molar refractivity (Wildman–Crippen MR) is 70.8 cm³/mol. The van der Waals surface area contributed by atoms with Gasteiger partial charge in [-0.3, -0.25) is 0 Å². The number of halogens is 1. The van der Waals surface area contributed by atoms with Crippen LogP contribution in [0.15, 0.2) is 36.4 Å². The van der Waals surface area contributed by atoms with Crippen LogP contribution in [0.2, 0.25) is 0 Å². The van der Waals surface area contributed by atoms with E-state index >= 15 is 0 Å². The van der Waals surface area contributed by atoms with Gasteiger partial charge in [-0.25, -0.2) is 4.39 Å². The van der Waals surface area contributed by atoms with E-state index in [1.807, 2.05) is 18.2 Å². The average Bonchev–Trinajstić information content (AvgIpc) is 2.89. The van der Waals surface area contributed by atoms with Crippen molar-refractivity contribution in [3.05, 3.63) is 64.5 Å². The average molecular weight is 258 g/mol. The van der Waals surface area contributed by atoms with Crippen molar-refractivity contribution < 1.29 is 14.2 Å². The van der Waals surface area contributed by atoms with Crippen LogP contribution in [0.25, 0.3) is 0 Å². The maximum absolute atomic E-state index is 13.6. The predicted octanol–water partition coefficient (Wildman–Crippen LogP) is 3.15. The van der Waals surface area contributed by atoms with Gasteiger partial charge in [0, 0.05) is 12.0 Å². The molecule has 0 spiro atoms. The highest BCUT2D eigenvalue weighted by atomic mass is 19.1. The van der Waals surface area contributed by atoms with Crippen molar-refractivity contribution in [2.24, 2.45) is 0 Å². The SMILES string of the molecule is Cc1ccc(C(O)c2cccc3c2OCC3)cc1F. The molecule has 2 aromatic rings. The van der Waals surface area contributed by atoms with Crippen LogP contribution in [0.5, 0.6) is 5.75 Å². The van der Waals surface area contributed by atoms with Gasteiger partial charge in [-0.15, -0.1) is 0 Å². The Kier molecular flexibility index (Phi) is 2.99. The molecule has 0 bridgehead atoms. The van der Waals surface area contributed by atoms with Gasteiger partial charge < -0.3 is 9.84 Å². The zero-order chi connectivity index (χ0) is 13.4. The van der Waals surface area contributed by atoms with E-state index in [2.05, 4.69) is 0 Å². The number of benzene rings is 2. The largest absolute Gasteiger partial charge is 0.493 e. The molecule has 1 aliphatic rings. The monoisotopic (exact) mass is 258 g/mol. The number of aliphatic hydroxyl groups is 1. The molecule has 98 valence electrons. The number of ether oxygens (including phenoxy) is 1. The van der Waals surface area contributed by atoms with Crippen LogP contribution < -0.4 is 4.74 Å². The Labute approximate surface area is 111 Å². The summed E-state index contributed by atoms with van der Waals surface area (Å²) in [5.74, 6) is 0.445. The highest BCUT2D eigenvalue weighted by molar-refractivity contribution is 5.48. The molecule has 1 heterocycles. The van der Waals surface area contributed by atoms with Crippen LogP contribution in [0, 0.1) is 12.7 Å². The molecule has 0 aliphatic carbocycles. The van der Waals surface area contributed by atoms with Crippen molar-refractivity contribution in [2.45, 2.75) is 19.4 Å². The Morgan fingerprint density at radius 3 is 2.89 bits per heavy atom. The van der Waals surface area contributed by atoms with Crippen LogP contribution in [0.4, 0.5) is 4.39 Å². The van der Waals surface area contributed by atoms with Crippen molar-refractivity contribution in [3.8, 4) is 5.75 Å². The minimum Gasteiger partial charge on any atom is -0.493 e. The van der Waals surface area contributed by atoms with E-state index in [9.17, 15) is 9.50 Å². The minimum atomic E-state index is -0.858. The lowest BCUT2D eigenvalue weighted by atomic mass is 9.97. The number of aryl methyl sites for hydroxylation is 1. The van der Waals surface area contributed by atoms with Crippen molar-refractivity contribution in [1.82, 2.24) is 0 Å². The molecule has 0 fully saturated rings. The first-order chi connectivity index (χ1) is 9.16. The van der Waals surface area contributed by atoms with Crippen molar-refractivity contribution in [1.29, 1.82) is 0 Å². The van der Waals surface area contributed by atoms with Crippen molar-refractivity contribution in [3.63, 3.8) is 0 Å². The zero-order valence-corrected chi connectivity index (χ0v) is 10.7.